The second kappa shape index (κ2) is 9.49. The van der Waals surface area contributed by atoms with Gasteiger partial charge in [0.2, 0.25) is 5.88 Å². The van der Waals surface area contributed by atoms with E-state index in [2.05, 4.69) is 33.1 Å². The number of aromatic hydroxyl groups is 1. The van der Waals surface area contributed by atoms with E-state index in [1.165, 1.54) is 0 Å². The van der Waals surface area contributed by atoms with Crippen LogP contribution in [0.3, 0.4) is 0 Å². The van der Waals surface area contributed by atoms with Crippen LogP contribution < -0.4 is 14.5 Å². The smallest absolute Gasteiger partial charge is 0.307 e. The number of pyridine rings is 1. The molecule has 7 heteroatoms. The molecule has 0 aliphatic carbocycles. The van der Waals surface area contributed by atoms with Crippen molar-refractivity contribution in [3.05, 3.63) is 93.0 Å². The maximum absolute atomic E-state index is 11.3. The number of H-pyrrole nitrogens is 1. The Bertz CT molecular complexity index is 1170. The van der Waals surface area contributed by atoms with Crippen LogP contribution in [0.5, 0.6) is 11.6 Å². The van der Waals surface area contributed by atoms with Gasteiger partial charge in [0.25, 0.3) is 0 Å². The van der Waals surface area contributed by atoms with Gasteiger partial charge >= 0.3 is 4.87 Å². The summed E-state index contributed by atoms with van der Waals surface area (Å²) in [6, 6.07) is 21.9. The van der Waals surface area contributed by atoms with Gasteiger partial charge in [0.15, 0.2) is 0 Å². The number of rotatable bonds is 8. The zero-order valence-corrected chi connectivity index (χ0v) is 17.9. The van der Waals surface area contributed by atoms with Gasteiger partial charge in [-0.3, -0.25) is 9.78 Å². The number of aromatic nitrogens is 2. The largest absolute Gasteiger partial charge is 0.494 e. The Kier molecular flexibility index (Phi) is 6.33. The van der Waals surface area contributed by atoms with Crippen LogP contribution in [0.25, 0.3) is 11.1 Å². The van der Waals surface area contributed by atoms with Gasteiger partial charge < -0.3 is 14.7 Å². The van der Waals surface area contributed by atoms with E-state index in [0.29, 0.717) is 24.4 Å². The average Bonchev–Trinajstić information content (AvgIpc) is 3.12. The molecule has 4 rings (SSSR count). The summed E-state index contributed by atoms with van der Waals surface area (Å²) in [5.41, 5.74) is 3.24. The molecular weight excluding hydrogens is 410 g/mol. The summed E-state index contributed by atoms with van der Waals surface area (Å²) in [7, 11) is 1.99. The standard InChI is InChI=1S/C24H23N3O3S/c1-27(22-12-9-19(16-25-22)18-5-3-2-4-6-18)13-14-30-20-10-7-17(8-11-20)15-21-23(28)26-24(29)31-21/h2-12,16,28H,13-15H2,1H3,(H,26,29). The van der Waals surface area contributed by atoms with Crippen molar-refractivity contribution in [3.63, 3.8) is 0 Å². The molecular formula is C24H23N3O3S. The monoisotopic (exact) mass is 433 g/mol. The summed E-state index contributed by atoms with van der Waals surface area (Å²) >= 11 is 1.02. The fourth-order valence-corrected chi connectivity index (χ4v) is 3.95. The number of hydrogen-bond donors (Lipinski definition) is 2. The molecule has 0 bridgehead atoms. The van der Waals surface area contributed by atoms with Crippen molar-refractivity contribution in [1.82, 2.24) is 9.97 Å². The Labute approximate surface area is 184 Å². The fraction of sp³-hybridized carbons (Fsp3) is 0.167. The minimum absolute atomic E-state index is 0.0521. The van der Waals surface area contributed by atoms with Crippen LogP contribution in [0.4, 0.5) is 5.82 Å². The molecule has 0 aliphatic heterocycles. The van der Waals surface area contributed by atoms with E-state index >= 15 is 0 Å². The number of nitrogens with zero attached hydrogens (tertiary/aromatic N) is 2. The van der Waals surface area contributed by atoms with Crippen molar-refractivity contribution in [2.24, 2.45) is 0 Å². The zero-order valence-electron chi connectivity index (χ0n) is 17.1. The lowest BCUT2D eigenvalue weighted by molar-refractivity contribution is 0.325. The van der Waals surface area contributed by atoms with Crippen molar-refractivity contribution in [3.8, 4) is 22.8 Å². The molecule has 2 heterocycles. The summed E-state index contributed by atoms with van der Waals surface area (Å²) in [4.78, 5) is 20.7. The van der Waals surface area contributed by atoms with E-state index in [1.807, 2.05) is 61.8 Å². The molecule has 0 spiro atoms. The second-order valence-electron chi connectivity index (χ2n) is 7.15. The average molecular weight is 434 g/mol. The number of aromatic amines is 1. The van der Waals surface area contributed by atoms with Crippen LogP contribution in [-0.2, 0) is 6.42 Å². The maximum atomic E-state index is 11.3. The van der Waals surface area contributed by atoms with E-state index < -0.39 is 0 Å². The number of likely N-dealkylation sites (N-methyl/N-ethyl adjacent to an activating group) is 1. The first-order valence-electron chi connectivity index (χ1n) is 9.94. The molecule has 0 aliphatic rings. The highest BCUT2D eigenvalue weighted by molar-refractivity contribution is 7.09. The number of nitrogens with one attached hydrogen (secondary N) is 1. The molecule has 0 atom stereocenters. The molecule has 0 saturated heterocycles. The summed E-state index contributed by atoms with van der Waals surface area (Å²) < 4.78 is 5.85. The minimum atomic E-state index is -0.249. The molecule has 0 fully saturated rings. The summed E-state index contributed by atoms with van der Waals surface area (Å²) in [6.45, 7) is 1.22. The Morgan fingerprint density at radius 2 is 1.81 bits per heavy atom. The number of benzene rings is 2. The van der Waals surface area contributed by atoms with Crippen molar-refractivity contribution in [2.75, 3.05) is 25.1 Å². The van der Waals surface area contributed by atoms with Crippen molar-refractivity contribution in [1.29, 1.82) is 0 Å². The maximum Gasteiger partial charge on any atom is 0.307 e. The SMILES string of the molecule is CN(CCOc1ccc(Cc2sc(=O)[nH]c2O)cc1)c1ccc(-c2ccccc2)cn1. The Morgan fingerprint density at radius 1 is 1.03 bits per heavy atom. The van der Waals surface area contributed by atoms with Crippen molar-refractivity contribution in [2.45, 2.75) is 6.42 Å². The highest BCUT2D eigenvalue weighted by Crippen LogP contribution is 2.22. The van der Waals surface area contributed by atoms with Crippen LogP contribution in [0.15, 0.2) is 77.7 Å². The van der Waals surface area contributed by atoms with Gasteiger partial charge in [0.1, 0.15) is 18.2 Å². The van der Waals surface area contributed by atoms with Crippen molar-refractivity contribution < 1.29 is 9.84 Å². The van der Waals surface area contributed by atoms with Crippen LogP contribution in [0.1, 0.15) is 10.4 Å². The van der Waals surface area contributed by atoms with Gasteiger partial charge in [-0.15, -0.1) is 0 Å². The second-order valence-corrected chi connectivity index (χ2v) is 8.22. The lowest BCUT2D eigenvalue weighted by Crippen LogP contribution is -2.24. The molecule has 158 valence electrons. The molecule has 31 heavy (non-hydrogen) atoms. The van der Waals surface area contributed by atoms with E-state index in [1.54, 1.807) is 0 Å². The summed E-state index contributed by atoms with van der Waals surface area (Å²) in [5, 5.41) is 9.70. The number of ether oxygens (including phenoxy) is 1. The van der Waals surface area contributed by atoms with E-state index in [9.17, 15) is 9.90 Å². The Hall–Kier alpha value is -3.58. The van der Waals surface area contributed by atoms with Crippen LogP contribution in [0, 0.1) is 0 Å². The first-order chi connectivity index (χ1) is 15.1. The number of hydrogen-bond acceptors (Lipinski definition) is 6. The summed E-state index contributed by atoms with van der Waals surface area (Å²) in [5.74, 6) is 1.61. The lowest BCUT2D eigenvalue weighted by Gasteiger charge is -2.18. The molecule has 2 aromatic heterocycles. The molecule has 4 aromatic rings. The van der Waals surface area contributed by atoms with Gasteiger partial charge in [-0.1, -0.05) is 53.8 Å². The van der Waals surface area contributed by atoms with E-state index in [0.717, 1.165) is 39.6 Å². The van der Waals surface area contributed by atoms with Crippen LogP contribution in [-0.4, -0.2) is 35.3 Å². The quantitative estimate of drug-likeness (QED) is 0.433. The third-order valence-corrected chi connectivity index (χ3v) is 5.80. The summed E-state index contributed by atoms with van der Waals surface area (Å²) in [6.07, 6.45) is 2.39. The van der Waals surface area contributed by atoms with Gasteiger partial charge in [-0.05, 0) is 35.4 Å². The van der Waals surface area contributed by atoms with Gasteiger partial charge in [0, 0.05) is 25.2 Å². The Morgan fingerprint density at radius 3 is 2.45 bits per heavy atom. The molecule has 0 amide bonds. The molecule has 2 N–H and O–H groups in total. The predicted octanol–water partition coefficient (Wildman–Crippen LogP) is 4.31. The lowest BCUT2D eigenvalue weighted by atomic mass is 10.1. The number of anilines is 1. The molecule has 0 unspecified atom stereocenters. The fourth-order valence-electron chi connectivity index (χ4n) is 3.19. The third kappa shape index (κ3) is 5.32. The molecule has 2 aromatic carbocycles. The van der Waals surface area contributed by atoms with Crippen molar-refractivity contribution >= 4 is 17.2 Å². The zero-order chi connectivity index (χ0) is 21.6. The number of thiazole rings is 1. The van der Waals surface area contributed by atoms with E-state index in [-0.39, 0.29) is 10.8 Å². The normalized spacial score (nSPS) is 10.7. The van der Waals surface area contributed by atoms with E-state index in [4.69, 9.17) is 4.74 Å². The highest BCUT2D eigenvalue weighted by atomic mass is 32.1. The predicted molar refractivity (Wildman–Crippen MR) is 124 cm³/mol. The first kappa shape index (κ1) is 20.7. The molecule has 6 nitrogen and oxygen atoms in total. The minimum Gasteiger partial charge on any atom is -0.494 e. The van der Waals surface area contributed by atoms with Gasteiger partial charge in [-0.2, -0.15) is 0 Å². The van der Waals surface area contributed by atoms with Crippen LogP contribution in [0.2, 0.25) is 0 Å². The highest BCUT2D eigenvalue weighted by Gasteiger charge is 2.08. The van der Waals surface area contributed by atoms with Gasteiger partial charge in [-0.25, -0.2) is 4.98 Å². The topological polar surface area (TPSA) is 78.5 Å². The molecule has 0 radical (unpaired) electrons. The Balaban J connectivity index is 1.28. The van der Waals surface area contributed by atoms with Gasteiger partial charge in [0.05, 0.1) is 11.4 Å². The third-order valence-electron chi connectivity index (χ3n) is 4.93. The molecule has 0 saturated carbocycles. The first-order valence-corrected chi connectivity index (χ1v) is 10.8. The van der Waals surface area contributed by atoms with Crippen LogP contribution >= 0.6 is 11.3 Å².